The zero-order valence-electron chi connectivity index (χ0n) is 16.6. The van der Waals surface area contributed by atoms with E-state index in [0.29, 0.717) is 10.6 Å². The van der Waals surface area contributed by atoms with Crippen LogP contribution in [0.3, 0.4) is 0 Å². The first-order valence-corrected chi connectivity index (χ1v) is 10.2. The summed E-state index contributed by atoms with van der Waals surface area (Å²) < 4.78 is 8.11. The second-order valence-corrected chi connectivity index (χ2v) is 9.26. The summed E-state index contributed by atoms with van der Waals surface area (Å²) in [6, 6.07) is 8.57. The minimum Gasteiger partial charge on any atom is -0.385 e. The van der Waals surface area contributed by atoms with E-state index in [-0.39, 0.29) is 47.4 Å². The maximum absolute atomic E-state index is 12.9. The molecular weight excluding hydrogens is 408 g/mol. The van der Waals surface area contributed by atoms with Gasteiger partial charge in [0.05, 0.1) is 5.60 Å². The van der Waals surface area contributed by atoms with Crippen LogP contribution in [-0.4, -0.2) is 24.4 Å². The number of hydrogen-bond acceptors (Lipinski definition) is 6. The van der Waals surface area contributed by atoms with Crippen LogP contribution in [0.5, 0.6) is 0 Å². The lowest BCUT2D eigenvalue weighted by atomic mass is 9.92. The van der Waals surface area contributed by atoms with Crippen molar-refractivity contribution in [3.05, 3.63) is 79.2 Å². The van der Waals surface area contributed by atoms with Crippen molar-refractivity contribution in [1.29, 1.82) is 0 Å². The SMILES string of the molecule is C[C@]12Cc3cc(=O)n(Cc4nc(C[C@@](C)(O)c5ccc(Cl)cc5)no4)c(=O)n3[C@H]1C2. The van der Waals surface area contributed by atoms with Crippen LogP contribution in [0.25, 0.3) is 0 Å². The van der Waals surface area contributed by atoms with Gasteiger partial charge in [-0.2, -0.15) is 4.98 Å². The van der Waals surface area contributed by atoms with Crippen molar-refractivity contribution in [1.82, 2.24) is 19.3 Å². The molecule has 2 aromatic heterocycles. The molecule has 156 valence electrons. The van der Waals surface area contributed by atoms with Gasteiger partial charge >= 0.3 is 5.69 Å². The smallest absolute Gasteiger partial charge is 0.331 e. The van der Waals surface area contributed by atoms with E-state index in [2.05, 4.69) is 17.1 Å². The van der Waals surface area contributed by atoms with Crippen molar-refractivity contribution in [2.75, 3.05) is 0 Å². The van der Waals surface area contributed by atoms with Gasteiger partial charge in [-0.25, -0.2) is 4.79 Å². The van der Waals surface area contributed by atoms with Crippen LogP contribution >= 0.6 is 11.6 Å². The largest absolute Gasteiger partial charge is 0.385 e. The fraction of sp³-hybridized carbons (Fsp3) is 0.429. The van der Waals surface area contributed by atoms with Crippen LogP contribution in [0.1, 0.15) is 49.3 Å². The molecule has 5 rings (SSSR count). The standard InChI is InChI=1S/C21H21ClN4O4/c1-20-8-14-7-18(27)25(19(28)26(14)15(20)9-20)11-17-23-16(24-30-17)10-21(2,29)12-3-5-13(22)6-4-12/h3-7,15,29H,8-11H2,1-2H3/t15-,20+,21+/m0/s1. The summed E-state index contributed by atoms with van der Waals surface area (Å²) in [5.74, 6) is 0.433. The fourth-order valence-corrected chi connectivity index (χ4v) is 4.55. The third kappa shape index (κ3) is 3.11. The molecule has 0 unspecified atom stereocenters. The molecule has 0 saturated heterocycles. The molecule has 1 fully saturated rings. The third-order valence-corrected chi connectivity index (χ3v) is 6.53. The fourth-order valence-electron chi connectivity index (χ4n) is 4.42. The third-order valence-electron chi connectivity index (χ3n) is 6.28. The van der Waals surface area contributed by atoms with Gasteiger partial charge in [-0.15, -0.1) is 0 Å². The zero-order valence-corrected chi connectivity index (χ0v) is 17.4. The molecule has 8 nitrogen and oxygen atoms in total. The van der Waals surface area contributed by atoms with Crippen molar-refractivity contribution >= 4 is 11.6 Å². The number of halogens is 1. The molecule has 2 aliphatic rings. The van der Waals surface area contributed by atoms with E-state index in [9.17, 15) is 14.7 Å². The molecule has 1 aliphatic heterocycles. The average Bonchev–Trinajstić information content (AvgIpc) is 3.00. The van der Waals surface area contributed by atoms with Gasteiger partial charge in [0.25, 0.3) is 5.56 Å². The lowest BCUT2D eigenvalue weighted by molar-refractivity contribution is 0.0548. The number of aromatic nitrogens is 4. The van der Waals surface area contributed by atoms with E-state index in [4.69, 9.17) is 16.1 Å². The Kier molecular flexibility index (Phi) is 4.10. The summed E-state index contributed by atoms with van der Waals surface area (Å²) >= 11 is 5.91. The van der Waals surface area contributed by atoms with Gasteiger partial charge < -0.3 is 9.63 Å². The summed E-state index contributed by atoms with van der Waals surface area (Å²) in [7, 11) is 0. The normalized spacial score (nSPS) is 23.7. The first-order valence-electron chi connectivity index (χ1n) is 9.81. The molecule has 9 heteroatoms. The molecule has 30 heavy (non-hydrogen) atoms. The summed E-state index contributed by atoms with van der Waals surface area (Å²) in [6.07, 6.45) is 1.83. The minimum absolute atomic E-state index is 0.0997. The molecule has 0 amide bonds. The highest BCUT2D eigenvalue weighted by Crippen LogP contribution is 2.61. The highest BCUT2D eigenvalue weighted by atomic mass is 35.5. The highest BCUT2D eigenvalue weighted by molar-refractivity contribution is 6.30. The second-order valence-electron chi connectivity index (χ2n) is 8.83. The van der Waals surface area contributed by atoms with Crippen LogP contribution in [0, 0.1) is 5.41 Å². The van der Waals surface area contributed by atoms with Gasteiger partial charge in [0, 0.05) is 29.2 Å². The van der Waals surface area contributed by atoms with Gasteiger partial charge in [-0.3, -0.25) is 13.9 Å². The van der Waals surface area contributed by atoms with Crippen molar-refractivity contribution in [2.45, 2.75) is 51.3 Å². The Hall–Kier alpha value is -2.71. The van der Waals surface area contributed by atoms with Crippen LogP contribution in [0.15, 0.2) is 44.4 Å². The molecule has 0 radical (unpaired) electrons. The monoisotopic (exact) mass is 428 g/mol. The molecule has 1 aliphatic carbocycles. The number of fused-ring (bicyclic) bond motifs is 3. The van der Waals surface area contributed by atoms with Gasteiger partial charge in [0.2, 0.25) is 5.89 Å². The average molecular weight is 429 g/mol. The number of hydrogen-bond donors (Lipinski definition) is 1. The second kappa shape index (κ2) is 6.39. The predicted octanol–water partition coefficient (Wildman–Crippen LogP) is 2.05. The zero-order chi connectivity index (χ0) is 21.3. The van der Waals surface area contributed by atoms with Crippen LogP contribution in [0.2, 0.25) is 5.02 Å². The van der Waals surface area contributed by atoms with Gasteiger partial charge in [-0.05, 0) is 42.9 Å². The summed E-state index contributed by atoms with van der Waals surface area (Å²) in [6.45, 7) is 3.68. The van der Waals surface area contributed by atoms with Gasteiger partial charge in [0.15, 0.2) is 5.82 Å². The number of aliphatic hydroxyl groups is 1. The highest BCUT2D eigenvalue weighted by Gasteiger charge is 2.57. The van der Waals surface area contributed by atoms with E-state index in [1.165, 1.54) is 6.07 Å². The molecule has 1 N–H and O–H groups in total. The van der Waals surface area contributed by atoms with Crippen LogP contribution in [-0.2, 0) is 25.0 Å². The summed E-state index contributed by atoms with van der Waals surface area (Å²) in [4.78, 5) is 29.7. The topological polar surface area (TPSA) is 103 Å². The number of rotatable bonds is 5. The Morgan fingerprint density at radius 3 is 2.80 bits per heavy atom. The van der Waals surface area contributed by atoms with Crippen LogP contribution in [0.4, 0.5) is 0 Å². The Labute approximate surface area is 176 Å². The van der Waals surface area contributed by atoms with E-state index in [0.717, 1.165) is 23.1 Å². The van der Waals surface area contributed by atoms with Gasteiger partial charge in [0.1, 0.15) is 6.54 Å². The number of nitrogens with zero attached hydrogens (tertiary/aromatic N) is 4. The molecule has 1 aromatic carbocycles. The maximum atomic E-state index is 12.9. The lowest BCUT2D eigenvalue weighted by Crippen LogP contribution is -2.40. The Morgan fingerprint density at radius 1 is 1.33 bits per heavy atom. The summed E-state index contributed by atoms with van der Waals surface area (Å²) in [5, 5.41) is 15.3. The first-order chi connectivity index (χ1) is 14.2. The molecule has 0 bridgehead atoms. The van der Waals surface area contributed by atoms with Crippen molar-refractivity contribution in [3.63, 3.8) is 0 Å². The lowest BCUT2D eigenvalue weighted by Gasteiger charge is -2.22. The van der Waals surface area contributed by atoms with Crippen molar-refractivity contribution in [3.8, 4) is 0 Å². The summed E-state index contributed by atoms with van der Waals surface area (Å²) in [5.41, 5.74) is -0.376. The van der Waals surface area contributed by atoms with E-state index in [1.54, 1.807) is 35.8 Å². The van der Waals surface area contributed by atoms with E-state index >= 15 is 0 Å². The van der Waals surface area contributed by atoms with E-state index < -0.39 is 5.60 Å². The van der Waals surface area contributed by atoms with Crippen molar-refractivity contribution < 1.29 is 9.63 Å². The molecule has 1 saturated carbocycles. The minimum atomic E-state index is -1.23. The first kappa shape index (κ1) is 19.3. The predicted molar refractivity (Wildman–Crippen MR) is 109 cm³/mol. The van der Waals surface area contributed by atoms with E-state index in [1.807, 2.05) is 0 Å². The maximum Gasteiger partial charge on any atom is 0.331 e. The molecule has 3 heterocycles. The quantitative estimate of drug-likeness (QED) is 0.667. The molecule has 3 atom stereocenters. The molecule has 3 aromatic rings. The Bertz CT molecular complexity index is 1260. The molecule has 0 spiro atoms. The molecular formula is C21H21ClN4O4. The van der Waals surface area contributed by atoms with Gasteiger partial charge in [-0.1, -0.05) is 35.8 Å². The van der Waals surface area contributed by atoms with Crippen LogP contribution < -0.4 is 11.2 Å². The number of benzene rings is 1. The van der Waals surface area contributed by atoms with Crippen molar-refractivity contribution in [2.24, 2.45) is 5.41 Å². The Balaban J connectivity index is 1.38. The Morgan fingerprint density at radius 2 is 2.07 bits per heavy atom.